The van der Waals surface area contributed by atoms with Crippen LogP contribution in [0.15, 0.2) is 12.1 Å². The molecule has 1 atom stereocenters. The summed E-state index contributed by atoms with van der Waals surface area (Å²) in [5.74, 6) is -0.275. The number of amides is 3. The number of hydrogen-bond acceptors (Lipinski definition) is 4. The lowest BCUT2D eigenvalue weighted by Crippen LogP contribution is -2.40. The van der Waals surface area contributed by atoms with Gasteiger partial charge in [-0.15, -0.1) is 11.3 Å². The first-order valence-corrected chi connectivity index (χ1v) is 6.57. The SMILES string of the molecule is COCCN1C(=O)NC(C)(c2ccc(Cl)s2)C1=O. The van der Waals surface area contributed by atoms with E-state index < -0.39 is 11.6 Å². The molecule has 0 bridgehead atoms. The highest BCUT2D eigenvalue weighted by atomic mass is 35.5. The smallest absolute Gasteiger partial charge is 0.325 e. The van der Waals surface area contributed by atoms with Crippen molar-refractivity contribution >= 4 is 34.9 Å². The monoisotopic (exact) mass is 288 g/mol. The molecule has 0 saturated carbocycles. The third kappa shape index (κ3) is 2.11. The molecule has 0 radical (unpaired) electrons. The third-order valence-electron chi connectivity index (χ3n) is 2.86. The Labute approximate surface area is 114 Å². The highest BCUT2D eigenvalue weighted by Gasteiger charge is 2.49. The molecule has 7 heteroatoms. The lowest BCUT2D eigenvalue weighted by Gasteiger charge is -2.19. The van der Waals surface area contributed by atoms with Crippen molar-refractivity contribution in [1.82, 2.24) is 10.2 Å². The second-order valence-corrected chi connectivity index (χ2v) is 5.82. The number of hydrogen-bond donors (Lipinski definition) is 1. The molecule has 1 unspecified atom stereocenters. The molecule has 98 valence electrons. The first-order chi connectivity index (χ1) is 8.49. The van der Waals surface area contributed by atoms with E-state index in [0.29, 0.717) is 10.9 Å². The standard InChI is InChI=1S/C11H13ClN2O3S/c1-11(7-3-4-8(12)18-7)9(15)14(5-6-17-2)10(16)13-11/h3-4H,5-6H2,1-2H3,(H,13,16). The van der Waals surface area contributed by atoms with Gasteiger partial charge >= 0.3 is 6.03 Å². The van der Waals surface area contributed by atoms with Crippen LogP contribution in [0.3, 0.4) is 0 Å². The summed E-state index contributed by atoms with van der Waals surface area (Å²) in [6, 6.07) is 3.07. The van der Waals surface area contributed by atoms with Gasteiger partial charge < -0.3 is 10.1 Å². The molecule has 1 fully saturated rings. The van der Waals surface area contributed by atoms with Crippen LogP contribution >= 0.6 is 22.9 Å². The summed E-state index contributed by atoms with van der Waals surface area (Å²) in [7, 11) is 1.52. The van der Waals surface area contributed by atoms with E-state index in [1.165, 1.54) is 18.4 Å². The number of imide groups is 1. The van der Waals surface area contributed by atoms with Crippen molar-refractivity contribution in [2.75, 3.05) is 20.3 Å². The predicted octanol–water partition coefficient (Wildman–Crippen LogP) is 1.81. The molecule has 1 aromatic heterocycles. The maximum absolute atomic E-state index is 12.3. The Morgan fingerprint density at radius 1 is 1.50 bits per heavy atom. The first kappa shape index (κ1) is 13.3. The molecule has 5 nitrogen and oxygen atoms in total. The van der Waals surface area contributed by atoms with Crippen LogP contribution in [0.2, 0.25) is 4.34 Å². The van der Waals surface area contributed by atoms with Crippen LogP contribution in [0, 0.1) is 0 Å². The predicted molar refractivity (Wildman–Crippen MR) is 68.8 cm³/mol. The van der Waals surface area contributed by atoms with E-state index in [0.717, 1.165) is 9.78 Å². The number of carbonyl (C=O) groups excluding carboxylic acids is 2. The third-order valence-corrected chi connectivity index (χ3v) is 4.31. The first-order valence-electron chi connectivity index (χ1n) is 5.38. The molecule has 1 N–H and O–H groups in total. The van der Waals surface area contributed by atoms with E-state index in [4.69, 9.17) is 16.3 Å². The van der Waals surface area contributed by atoms with Crippen LogP contribution in [0.5, 0.6) is 0 Å². The maximum atomic E-state index is 12.3. The van der Waals surface area contributed by atoms with Crippen molar-refractivity contribution in [1.29, 1.82) is 0 Å². The quantitative estimate of drug-likeness (QED) is 0.860. The number of methoxy groups -OCH3 is 1. The number of urea groups is 1. The van der Waals surface area contributed by atoms with Crippen molar-refractivity contribution in [2.45, 2.75) is 12.5 Å². The molecule has 1 aliphatic heterocycles. The van der Waals surface area contributed by atoms with Gasteiger partial charge in [0.15, 0.2) is 5.54 Å². The van der Waals surface area contributed by atoms with Crippen LogP contribution < -0.4 is 5.32 Å². The van der Waals surface area contributed by atoms with Crippen molar-refractivity contribution in [3.8, 4) is 0 Å². The molecule has 1 aliphatic rings. The summed E-state index contributed by atoms with van der Waals surface area (Å²) in [5.41, 5.74) is -1.03. The van der Waals surface area contributed by atoms with E-state index in [2.05, 4.69) is 5.32 Å². The summed E-state index contributed by atoms with van der Waals surface area (Å²) in [4.78, 5) is 26.0. The summed E-state index contributed by atoms with van der Waals surface area (Å²) in [6.45, 7) is 2.25. The van der Waals surface area contributed by atoms with E-state index in [9.17, 15) is 9.59 Å². The molecule has 0 aromatic carbocycles. The number of halogens is 1. The lowest BCUT2D eigenvalue weighted by molar-refractivity contribution is -0.131. The zero-order valence-corrected chi connectivity index (χ0v) is 11.6. The highest BCUT2D eigenvalue weighted by molar-refractivity contribution is 7.16. The minimum absolute atomic E-state index is 0.246. The molecule has 0 aliphatic carbocycles. The van der Waals surface area contributed by atoms with Crippen LogP contribution in [0.25, 0.3) is 0 Å². The Morgan fingerprint density at radius 3 is 2.78 bits per heavy atom. The Hall–Kier alpha value is -1.11. The van der Waals surface area contributed by atoms with Gasteiger partial charge in [-0.25, -0.2) is 4.79 Å². The fraction of sp³-hybridized carbons (Fsp3) is 0.455. The number of nitrogens with one attached hydrogen (secondary N) is 1. The molecule has 1 saturated heterocycles. The fourth-order valence-corrected chi connectivity index (χ4v) is 2.97. The Balaban J connectivity index is 2.25. The molecule has 2 heterocycles. The number of thiophene rings is 1. The van der Waals surface area contributed by atoms with Gasteiger partial charge in [-0.1, -0.05) is 11.6 Å². The average molecular weight is 289 g/mol. The van der Waals surface area contributed by atoms with Gasteiger partial charge in [-0.2, -0.15) is 0 Å². The number of carbonyl (C=O) groups is 2. The molecular weight excluding hydrogens is 276 g/mol. The van der Waals surface area contributed by atoms with Crippen molar-refractivity contribution in [3.63, 3.8) is 0 Å². The minimum Gasteiger partial charge on any atom is -0.383 e. The van der Waals surface area contributed by atoms with Gasteiger partial charge in [0, 0.05) is 12.0 Å². The van der Waals surface area contributed by atoms with E-state index in [1.54, 1.807) is 19.1 Å². The maximum Gasteiger partial charge on any atom is 0.325 e. The van der Waals surface area contributed by atoms with Gasteiger partial charge in [0.1, 0.15) is 0 Å². The Bertz CT molecular complexity index is 490. The van der Waals surface area contributed by atoms with Crippen LogP contribution in [0.4, 0.5) is 4.79 Å². The van der Waals surface area contributed by atoms with E-state index in [-0.39, 0.29) is 12.5 Å². The summed E-state index contributed by atoms with van der Waals surface area (Å²) < 4.78 is 5.47. The Kier molecular flexibility index (Phi) is 3.61. The fourth-order valence-electron chi connectivity index (χ4n) is 1.83. The number of rotatable bonds is 4. The van der Waals surface area contributed by atoms with E-state index in [1.807, 2.05) is 0 Å². The number of ether oxygens (including phenoxy) is 1. The molecule has 18 heavy (non-hydrogen) atoms. The minimum atomic E-state index is -1.03. The molecular formula is C11H13ClN2O3S. The van der Waals surface area contributed by atoms with E-state index >= 15 is 0 Å². The second-order valence-electron chi connectivity index (χ2n) is 4.11. The van der Waals surface area contributed by atoms with Crippen molar-refractivity contribution in [2.24, 2.45) is 0 Å². The van der Waals surface area contributed by atoms with Crippen LogP contribution in [-0.2, 0) is 15.1 Å². The second kappa shape index (κ2) is 4.87. The summed E-state index contributed by atoms with van der Waals surface area (Å²) in [5, 5.41) is 2.70. The molecule has 0 spiro atoms. The normalized spacial score (nSPS) is 23.6. The number of nitrogens with zero attached hydrogens (tertiary/aromatic N) is 1. The van der Waals surface area contributed by atoms with Gasteiger partial charge in [-0.3, -0.25) is 9.69 Å². The summed E-state index contributed by atoms with van der Waals surface area (Å²) in [6.07, 6.45) is 0. The largest absolute Gasteiger partial charge is 0.383 e. The zero-order valence-electron chi connectivity index (χ0n) is 10.0. The molecule has 3 amide bonds. The zero-order chi connectivity index (χ0) is 13.3. The van der Waals surface area contributed by atoms with Gasteiger partial charge in [0.05, 0.1) is 17.5 Å². The lowest BCUT2D eigenvalue weighted by atomic mass is 10.0. The molecule has 2 rings (SSSR count). The van der Waals surface area contributed by atoms with Crippen molar-refractivity contribution in [3.05, 3.63) is 21.3 Å². The topological polar surface area (TPSA) is 58.6 Å². The highest BCUT2D eigenvalue weighted by Crippen LogP contribution is 2.35. The van der Waals surface area contributed by atoms with Gasteiger partial charge in [0.25, 0.3) is 5.91 Å². The molecule has 1 aromatic rings. The Morgan fingerprint density at radius 2 is 2.22 bits per heavy atom. The van der Waals surface area contributed by atoms with Crippen LogP contribution in [-0.4, -0.2) is 37.1 Å². The summed E-state index contributed by atoms with van der Waals surface area (Å²) >= 11 is 7.15. The van der Waals surface area contributed by atoms with Gasteiger partial charge in [-0.05, 0) is 19.1 Å². The average Bonchev–Trinajstić information content (AvgIpc) is 2.83. The van der Waals surface area contributed by atoms with Gasteiger partial charge in [0.2, 0.25) is 0 Å². The van der Waals surface area contributed by atoms with Crippen molar-refractivity contribution < 1.29 is 14.3 Å². The van der Waals surface area contributed by atoms with Crippen LogP contribution in [0.1, 0.15) is 11.8 Å².